The molecule has 2 aromatic carbocycles. The van der Waals surface area contributed by atoms with Gasteiger partial charge in [-0.05, 0) is 30.3 Å². The first-order valence-electron chi connectivity index (χ1n) is 11.2. The van der Waals surface area contributed by atoms with Gasteiger partial charge in [-0.15, -0.1) is 0 Å². The summed E-state index contributed by atoms with van der Waals surface area (Å²) < 4.78 is 25.7. The van der Waals surface area contributed by atoms with Crippen LogP contribution in [0.2, 0.25) is 0 Å². The van der Waals surface area contributed by atoms with Gasteiger partial charge in [0.15, 0.2) is 0 Å². The van der Waals surface area contributed by atoms with E-state index in [2.05, 4.69) is 11.5 Å². The van der Waals surface area contributed by atoms with Crippen LogP contribution in [0.15, 0.2) is 66.8 Å². The number of benzene rings is 2. The molecule has 1 amide bonds. The second kappa shape index (κ2) is 10.6. The zero-order valence-electron chi connectivity index (χ0n) is 18.8. The monoisotopic (exact) mass is 466 g/mol. The molecule has 0 unspecified atom stereocenters. The van der Waals surface area contributed by atoms with Crippen molar-refractivity contribution in [2.24, 2.45) is 0 Å². The summed E-state index contributed by atoms with van der Waals surface area (Å²) in [6, 6.07) is 11.4. The van der Waals surface area contributed by atoms with Gasteiger partial charge in [0.25, 0.3) is 11.7 Å². The fourth-order valence-corrected chi connectivity index (χ4v) is 4.22. The van der Waals surface area contributed by atoms with E-state index in [0.717, 1.165) is 0 Å². The minimum atomic E-state index is -1.03. The quantitative estimate of drug-likeness (QED) is 0.279. The molecule has 2 heterocycles. The average molecular weight is 467 g/mol. The maximum atomic E-state index is 14.9. The van der Waals surface area contributed by atoms with Crippen molar-refractivity contribution in [1.82, 2.24) is 9.80 Å². The second-order valence-corrected chi connectivity index (χ2v) is 8.09. The number of amides is 1. The van der Waals surface area contributed by atoms with Crippen LogP contribution in [0.25, 0.3) is 5.76 Å². The molecular formula is C26H27FN2O5. The third-order valence-electron chi connectivity index (χ3n) is 6.00. The molecule has 34 heavy (non-hydrogen) atoms. The van der Waals surface area contributed by atoms with E-state index in [-0.39, 0.29) is 23.4 Å². The Balaban J connectivity index is 1.70. The van der Waals surface area contributed by atoms with Gasteiger partial charge >= 0.3 is 0 Å². The number of Topliss-reactive ketones (excluding diaryl/α,β-unsaturated/α-hetero) is 1. The number of likely N-dealkylation sites (tertiary alicyclic amines) is 1. The van der Waals surface area contributed by atoms with Crippen molar-refractivity contribution in [3.05, 3.63) is 83.7 Å². The van der Waals surface area contributed by atoms with Crippen LogP contribution < -0.4 is 4.74 Å². The number of morpholine rings is 1. The van der Waals surface area contributed by atoms with Crippen molar-refractivity contribution in [2.45, 2.75) is 6.04 Å². The van der Waals surface area contributed by atoms with Crippen LogP contribution in [0.3, 0.4) is 0 Å². The maximum Gasteiger partial charge on any atom is 0.295 e. The van der Waals surface area contributed by atoms with E-state index in [4.69, 9.17) is 9.47 Å². The summed E-state index contributed by atoms with van der Waals surface area (Å²) in [5.74, 6) is -1.93. The number of nitrogens with zero attached hydrogens (tertiary/aromatic N) is 2. The summed E-state index contributed by atoms with van der Waals surface area (Å²) >= 11 is 0. The van der Waals surface area contributed by atoms with Crippen LogP contribution >= 0.6 is 0 Å². The molecule has 1 N–H and O–H groups in total. The first-order valence-corrected chi connectivity index (χ1v) is 11.2. The number of aliphatic hydroxyl groups is 1. The Bertz CT molecular complexity index is 1090. The maximum absolute atomic E-state index is 14.9. The van der Waals surface area contributed by atoms with Crippen LogP contribution in [0.1, 0.15) is 17.2 Å². The standard InChI is InChI=1S/C26H27FN2O5/c1-2-15-34-19-9-7-18(8-10-19)24(30)22-23(20-5-3-4-6-21(20)27)29(26(32)25(22)31)12-11-28-13-16-33-17-14-28/h2-10,23,30H,1,11-17H2/b24-22+/t23-/m0/s1. The van der Waals surface area contributed by atoms with E-state index in [1.807, 2.05) is 0 Å². The van der Waals surface area contributed by atoms with Gasteiger partial charge in [0.2, 0.25) is 0 Å². The van der Waals surface area contributed by atoms with Crippen LogP contribution in [0.5, 0.6) is 5.75 Å². The molecule has 8 heteroatoms. The normalized spacial score (nSPS) is 20.5. The Morgan fingerprint density at radius 3 is 2.50 bits per heavy atom. The first kappa shape index (κ1) is 23.7. The summed E-state index contributed by atoms with van der Waals surface area (Å²) in [7, 11) is 0. The van der Waals surface area contributed by atoms with Crippen LogP contribution in [-0.4, -0.2) is 72.6 Å². The largest absolute Gasteiger partial charge is 0.507 e. The average Bonchev–Trinajstić information content (AvgIpc) is 3.11. The number of rotatable bonds is 8. The van der Waals surface area contributed by atoms with Crippen LogP contribution in [0.4, 0.5) is 4.39 Å². The van der Waals surface area contributed by atoms with Crippen molar-refractivity contribution in [3.63, 3.8) is 0 Å². The number of carbonyl (C=O) groups is 2. The number of carbonyl (C=O) groups excluding carboxylic acids is 2. The Hall–Kier alpha value is -3.49. The van der Waals surface area contributed by atoms with E-state index < -0.39 is 23.5 Å². The van der Waals surface area contributed by atoms with Crippen molar-refractivity contribution in [3.8, 4) is 5.75 Å². The molecule has 178 valence electrons. The van der Waals surface area contributed by atoms with E-state index in [0.29, 0.717) is 50.8 Å². The van der Waals surface area contributed by atoms with E-state index >= 15 is 0 Å². The predicted molar refractivity (Wildman–Crippen MR) is 125 cm³/mol. The van der Waals surface area contributed by atoms with Gasteiger partial charge in [0, 0.05) is 37.3 Å². The molecule has 0 spiro atoms. The zero-order valence-corrected chi connectivity index (χ0v) is 18.8. The predicted octanol–water partition coefficient (Wildman–Crippen LogP) is 3.14. The fourth-order valence-electron chi connectivity index (χ4n) is 4.22. The van der Waals surface area contributed by atoms with Crippen molar-refractivity contribution >= 4 is 17.4 Å². The molecule has 2 fully saturated rings. The lowest BCUT2D eigenvalue weighted by atomic mass is 9.95. The molecule has 2 aromatic rings. The smallest absolute Gasteiger partial charge is 0.295 e. The lowest BCUT2D eigenvalue weighted by Crippen LogP contribution is -2.42. The van der Waals surface area contributed by atoms with Gasteiger partial charge in [-0.2, -0.15) is 0 Å². The highest BCUT2D eigenvalue weighted by molar-refractivity contribution is 6.46. The summed E-state index contributed by atoms with van der Waals surface area (Å²) in [5.41, 5.74) is 0.367. The molecular weight excluding hydrogens is 439 g/mol. The Kier molecular flexibility index (Phi) is 7.40. The topological polar surface area (TPSA) is 79.3 Å². The van der Waals surface area contributed by atoms with Gasteiger partial charge in [0.1, 0.15) is 23.9 Å². The highest BCUT2D eigenvalue weighted by Crippen LogP contribution is 2.40. The molecule has 2 aliphatic rings. The van der Waals surface area contributed by atoms with E-state index in [9.17, 15) is 19.1 Å². The fraction of sp³-hybridized carbons (Fsp3) is 0.308. The first-order chi connectivity index (χ1) is 16.5. The van der Waals surface area contributed by atoms with Gasteiger partial charge < -0.3 is 19.5 Å². The number of ether oxygens (including phenoxy) is 2. The molecule has 2 aliphatic heterocycles. The van der Waals surface area contributed by atoms with Gasteiger partial charge in [-0.1, -0.05) is 30.9 Å². The minimum absolute atomic E-state index is 0.128. The van der Waals surface area contributed by atoms with E-state index in [1.165, 1.54) is 17.0 Å². The Morgan fingerprint density at radius 2 is 1.82 bits per heavy atom. The zero-order chi connectivity index (χ0) is 24.1. The Labute approximate surface area is 197 Å². The van der Waals surface area contributed by atoms with Gasteiger partial charge in [-0.3, -0.25) is 14.5 Å². The Morgan fingerprint density at radius 1 is 1.12 bits per heavy atom. The molecule has 0 bridgehead atoms. The van der Waals surface area contributed by atoms with Crippen LogP contribution in [-0.2, 0) is 14.3 Å². The van der Waals surface area contributed by atoms with Crippen molar-refractivity contribution in [1.29, 1.82) is 0 Å². The highest BCUT2D eigenvalue weighted by Gasteiger charge is 2.46. The molecule has 7 nitrogen and oxygen atoms in total. The van der Waals surface area contributed by atoms with E-state index in [1.54, 1.807) is 42.5 Å². The number of aliphatic hydroxyl groups excluding tert-OH is 1. The SMILES string of the molecule is C=CCOc1ccc(/C(O)=C2\C(=O)C(=O)N(CCN3CCOCC3)[C@H]2c2ccccc2F)cc1. The minimum Gasteiger partial charge on any atom is -0.507 e. The summed E-state index contributed by atoms with van der Waals surface area (Å²) in [6.07, 6.45) is 1.61. The molecule has 4 rings (SSSR count). The van der Waals surface area contributed by atoms with Gasteiger partial charge in [0.05, 0.1) is 24.8 Å². The lowest BCUT2D eigenvalue weighted by molar-refractivity contribution is -0.140. The van der Waals surface area contributed by atoms with Crippen LogP contribution in [0, 0.1) is 5.82 Å². The molecule has 0 aliphatic carbocycles. The van der Waals surface area contributed by atoms with Crippen molar-refractivity contribution in [2.75, 3.05) is 46.0 Å². The molecule has 0 aromatic heterocycles. The second-order valence-electron chi connectivity index (χ2n) is 8.09. The summed E-state index contributed by atoms with van der Waals surface area (Å²) in [6.45, 7) is 7.29. The molecule has 0 saturated carbocycles. The number of halogens is 1. The summed E-state index contributed by atoms with van der Waals surface area (Å²) in [5, 5.41) is 11.1. The molecule has 1 atom stereocenters. The lowest BCUT2D eigenvalue weighted by Gasteiger charge is -2.31. The number of ketones is 1. The summed E-state index contributed by atoms with van der Waals surface area (Å²) in [4.78, 5) is 29.6. The molecule has 2 saturated heterocycles. The highest BCUT2D eigenvalue weighted by atomic mass is 19.1. The van der Waals surface area contributed by atoms with Crippen molar-refractivity contribution < 1.29 is 28.6 Å². The number of hydrogen-bond acceptors (Lipinski definition) is 6. The van der Waals surface area contributed by atoms with Gasteiger partial charge in [-0.25, -0.2) is 4.39 Å². The third-order valence-corrected chi connectivity index (χ3v) is 6.00. The number of hydrogen-bond donors (Lipinski definition) is 1. The third kappa shape index (κ3) is 4.88. The molecule has 0 radical (unpaired) electrons.